The number of aliphatic carboxylic acids is 1. The lowest BCUT2D eigenvalue weighted by atomic mass is 9.70. The Morgan fingerprint density at radius 1 is 1.13 bits per heavy atom. The minimum Gasteiger partial charge on any atom is -0.481 e. The minimum absolute atomic E-state index is 0.0860. The lowest BCUT2D eigenvalue weighted by Gasteiger charge is -2.36. The summed E-state index contributed by atoms with van der Waals surface area (Å²) >= 11 is 0. The summed E-state index contributed by atoms with van der Waals surface area (Å²) in [5.74, 6) is -4.84. The van der Waals surface area contributed by atoms with E-state index in [4.69, 9.17) is 0 Å². The van der Waals surface area contributed by atoms with Crippen molar-refractivity contribution in [3.05, 3.63) is 30.5 Å². The predicted molar refractivity (Wildman–Crippen MR) is 169 cm³/mol. The first-order valence-electron chi connectivity index (χ1n) is 15.4. The molecular formula is C32H44N4O8S. The Morgan fingerprint density at radius 2 is 1.82 bits per heavy atom. The van der Waals surface area contributed by atoms with Crippen LogP contribution in [0.5, 0.6) is 0 Å². The van der Waals surface area contributed by atoms with Gasteiger partial charge in [-0.3, -0.25) is 24.0 Å². The first-order chi connectivity index (χ1) is 21.0. The highest BCUT2D eigenvalue weighted by Gasteiger charge is 2.65. The van der Waals surface area contributed by atoms with Crippen molar-refractivity contribution in [1.82, 2.24) is 15.0 Å². The molecule has 2 aliphatic rings. The molecule has 4 atom stereocenters. The molecule has 2 aromatic rings. The molecule has 12 nitrogen and oxygen atoms in total. The molecule has 2 fully saturated rings. The van der Waals surface area contributed by atoms with Crippen molar-refractivity contribution in [1.29, 1.82) is 0 Å². The quantitative estimate of drug-likeness (QED) is 0.228. The molecule has 246 valence electrons. The monoisotopic (exact) mass is 644 g/mol. The Kier molecular flexibility index (Phi) is 9.93. The minimum atomic E-state index is -4.10. The average molecular weight is 645 g/mol. The second-order valence-electron chi connectivity index (χ2n) is 13.3. The van der Waals surface area contributed by atoms with E-state index in [0.29, 0.717) is 25.1 Å². The Hall–Kier alpha value is -3.58. The van der Waals surface area contributed by atoms with E-state index in [1.54, 1.807) is 24.9 Å². The van der Waals surface area contributed by atoms with Crippen LogP contribution in [-0.2, 0) is 34.0 Å². The normalized spacial score (nSPS) is 22.0. The van der Waals surface area contributed by atoms with Gasteiger partial charge in [0.15, 0.2) is 5.78 Å². The fourth-order valence-electron chi connectivity index (χ4n) is 7.18. The number of H-pyrrole nitrogens is 1. The number of fused-ring (bicyclic) bond motifs is 3. The number of Topliss-reactive ketones (excluding diaryl/α,β-unsaturated/α-hetero) is 2. The summed E-state index contributed by atoms with van der Waals surface area (Å²) < 4.78 is 28.4. The van der Waals surface area contributed by atoms with E-state index in [9.17, 15) is 37.5 Å². The largest absolute Gasteiger partial charge is 0.481 e. The molecular weight excluding hydrogens is 600 g/mol. The third-order valence-corrected chi connectivity index (χ3v) is 11.6. The van der Waals surface area contributed by atoms with Crippen LogP contribution in [0.15, 0.2) is 30.5 Å². The number of nitrogens with zero attached hydrogens (tertiary/aromatic N) is 1. The highest BCUT2D eigenvalue weighted by Crippen LogP contribution is 2.64. The van der Waals surface area contributed by atoms with Crippen molar-refractivity contribution < 1.29 is 37.5 Å². The molecule has 13 heteroatoms. The van der Waals surface area contributed by atoms with Gasteiger partial charge in [0.2, 0.25) is 21.8 Å². The van der Waals surface area contributed by atoms with Crippen molar-refractivity contribution >= 4 is 56.0 Å². The number of para-hydroxylation sites is 1. The van der Waals surface area contributed by atoms with E-state index >= 15 is 0 Å². The number of ketones is 2. The van der Waals surface area contributed by atoms with E-state index in [1.165, 1.54) is 0 Å². The summed E-state index contributed by atoms with van der Waals surface area (Å²) in [6.45, 7) is 8.74. The summed E-state index contributed by atoms with van der Waals surface area (Å²) in [7, 11) is -4.10. The van der Waals surface area contributed by atoms with Crippen molar-refractivity contribution in [3.8, 4) is 0 Å². The van der Waals surface area contributed by atoms with E-state index in [1.807, 2.05) is 45.0 Å². The van der Waals surface area contributed by atoms with Gasteiger partial charge in [-0.25, -0.2) is 13.1 Å². The molecule has 4 rings (SSSR count). The highest BCUT2D eigenvalue weighted by atomic mass is 32.2. The number of aromatic amines is 1. The number of anilines is 1. The maximum absolute atomic E-state index is 13.5. The molecule has 1 aromatic heterocycles. The van der Waals surface area contributed by atoms with Crippen LogP contribution in [0.4, 0.5) is 5.69 Å². The first kappa shape index (κ1) is 34.3. The van der Waals surface area contributed by atoms with Gasteiger partial charge in [-0.2, -0.15) is 0 Å². The van der Waals surface area contributed by atoms with Crippen molar-refractivity contribution in [2.24, 2.45) is 28.6 Å². The van der Waals surface area contributed by atoms with Gasteiger partial charge in [-0.1, -0.05) is 45.9 Å². The zero-order valence-corrected chi connectivity index (χ0v) is 27.3. The summed E-state index contributed by atoms with van der Waals surface area (Å²) in [6, 6.07) is 5.99. The molecule has 0 saturated heterocycles. The molecule has 0 radical (unpaired) electrons. The van der Waals surface area contributed by atoms with Crippen LogP contribution in [0, 0.1) is 28.6 Å². The Bertz CT molecular complexity index is 1600. The van der Waals surface area contributed by atoms with Crippen LogP contribution in [0.1, 0.15) is 66.7 Å². The first-order valence-corrected chi connectivity index (χ1v) is 17.1. The van der Waals surface area contributed by atoms with E-state index < -0.39 is 69.2 Å². The van der Waals surface area contributed by atoms with Gasteiger partial charge < -0.3 is 20.3 Å². The molecule has 4 unspecified atom stereocenters. The number of carbonyl (C=O) groups is 5. The SMILES string of the molecule is CCN(C(=O)CC(C(=O)NC(CC(=O)O)C(=O)CNS(=O)(=O)CC12CCC(CC1=O)C2(C)C)C(C)C)c1c[nH]c2ccccc12. The molecule has 0 aliphatic heterocycles. The summed E-state index contributed by atoms with van der Waals surface area (Å²) in [5, 5.41) is 12.8. The zero-order chi connectivity index (χ0) is 33.3. The van der Waals surface area contributed by atoms with Crippen LogP contribution in [-0.4, -0.2) is 72.7 Å². The predicted octanol–water partition coefficient (Wildman–Crippen LogP) is 3.03. The second kappa shape index (κ2) is 13.0. The number of hydrogen-bond acceptors (Lipinski definition) is 7. The Morgan fingerprint density at radius 3 is 2.40 bits per heavy atom. The number of hydrogen-bond donors (Lipinski definition) is 4. The number of rotatable bonds is 15. The van der Waals surface area contributed by atoms with Gasteiger partial charge in [0.05, 0.1) is 30.4 Å². The molecule has 2 amide bonds. The standard InChI is InChI=1S/C32H44N4O8S/c1-6-36(25-16-33-23-10-8-7-9-21(23)25)28(39)14-22(19(2)3)30(42)35-24(15-29(40)41)26(37)17-34-45(43,44)18-32-12-11-20(13-27(32)38)31(32,4)5/h7-10,16,19-20,22,24,33-34H,6,11-15,17-18H2,1-5H3,(H,35,42)(H,40,41). The van der Waals surface area contributed by atoms with Gasteiger partial charge in [-0.15, -0.1) is 0 Å². The van der Waals surface area contributed by atoms with E-state index in [-0.39, 0.29) is 29.9 Å². The van der Waals surface area contributed by atoms with Crippen LogP contribution in [0.3, 0.4) is 0 Å². The third kappa shape index (κ3) is 6.84. The Balaban J connectivity index is 1.43. The molecule has 1 aromatic carbocycles. The number of aromatic nitrogens is 1. The molecule has 0 spiro atoms. The van der Waals surface area contributed by atoms with Crippen LogP contribution >= 0.6 is 0 Å². The van der Waals surface area contributed by atoms with E-state index in [2.05, 4.69) is 15.0 Å². The summed E-state index contributed by atoms with van der Waals surface area (Å²) in [5.41, 5.74) is 0.000867. The highest BCUT2D eigenvalue weighted by molar-refractivity contribution is 7.89. The summed E-state index contributed by atoms with van der Waals surface area (Å²) in [6.07, 6.45) is 2.33. The van der Waals surface area contributed by atoms with Gasteiger partial charge in [0.1, 0.15) is 5.78 Å². The van der Waals surface area contributed by atoms with Gasteiger partial charge in [0.25, 0.3) is 0 Å². The number of benzene rings is 1. The van der Waals surface area contributed by atoms with Gasteiger partial charge in [-0.05, 0) is 43.1 Å². The lowest BCUT2D eigenvalue weighted by Crippen LogP contribution is -2.51. The second-order valence-corrected chi connectivity index (χ2v) is 15.1. The van der Waals surface area contributed by atoms with Crippen LogP contribution < -0.4 is 14.9 Å². The van der Waals surface area contributed by atoms with Crippen molar-refractivity contribution in [2.45, 2.75) is 72.8 Å². The average Bonchev–Trinajstić information content (AvgIpc) is 3.54. The number of nitrogens with one attached hydrogen (secondary N) is 3. The molecule has 2 bridgehead atoms. The number of sulfonamides is 1. The van der Waals surface area contributed by atoms with Crippen LogP contribution in [0.2, 0.25) is 0 Å². The Labute approximate surface area is 263 Å². The topological polar surface area (TPSA) is 183 Å². The number of amides is 2. The smallest absolute Gasteiger partial charge is 0.305 e. The van der Waals surface area contributed by atoms with Crippen molar-refractivity contribution in [3.63, 3.8) is 0 Å². The number of carbonyl (C=O) groups excluding carboxylic acids is 4. The van der Waals surface area contributed by atoms with E-state index in [0.717, 1.165) is 17.3 Å². The maximum Gasteiger partial charge on any atom is 0.305 e. The zero-order valence-electron chi connectivity index (χ0n) is 26.5. The summed E-state index contributed by atoms with van der Waals surface area (Å²) in [4.78, 5) is 69.2. The third-order valence-electron chi connectivity index (χ3n) is 10.1. The lowest BCUT2D eigenvalue weighted by molar-refractivity contribution is -0.140. The van der Waals surface area contributed by atoms with Gasteiger partial charge >= 0.3 is 5.97 Å². The molecule has 2 saturated carbocycles. The maximum atomic E-state index is 13.5. The fourth-order valence-corrected chi connectivity index (χ4v) is 8.97. The molecule has 2 aliphatic carbocycles. The van der Waals surface area contributed by atoms with Gasteiger partial charge in [0, 0.05) is 47.8 Å². The molecule has 4 N–H and O–H groups in total. The van der Waals surface area contributed by atoms with Crippen LogP contribution in [0.25, 0.3) is 10.9 Å². The fraction of sp³-hybridized carbons (Fsp3) is 0.594. The number of carboxylic acids is 1. The molecule has 1 heterocycles. The van der Waals surface area contributed by atoms with Crippen molar-refractivity contribution in [2.75, 3.05) is 23.7 Å². The number of carboxylic acid groups (broad SMARTS) is 1. The molecule has 45 heavy (non-hydrogen) atoms.